The average molecular weight is 404 g/mol. The summed E-state index contributed by atoms with van der Waals surface area (Å²) in [5.74, 6) is -1.80. The highest BCUT2D eigenvalue weighted by Gasteiger charge is 2.27. The summed E-state index contributed by atoms with van der Waals surface area (Å²) in [5, 5.41) is 2.85. The lowest BCUT2D eigenvalue weighted by molar-refractivity contribution is -0.142. The predicted molar refractivity (Wildman–Crippen MR) is 106 cm³/mol. The number of hydrogen-bond donors (Lipinski definition) is 1. The van der Waals surface area contributed by atoms with Crippen molar-refractivity contribution < 1.29 is 23.1 Å². The van der Waals surface area contributed by atoms with Crippen molar-refractivity contribution in [3.8, 4) is 5.75 Å². The van der Waals surface area contributed by atoms with E-state index >= 15 is 0 Å². The van der Waals surface area contributed by atoms with Gasteiger partial charge in [0, 0.05) is 12.6 Å². The molecule has 0 radical (unpaired) electrons. The second-order valence-electron chi connectivity index (χ2n) is 6.86. The van der Waals surface area contributed by atoms with E-state index in [2.05, 4.69) is 5.32 Å². The molecule has 2 amide bonds. The van der Waals surface area contributed by atoms with Crippen molar-refractivity contribution in [2.24, 2.45) is 0 Å². The van der Waals surface area contributed by atoms with Gasteiger partial charge in [0.05, 0.1) is 0 Å². The molecule has 0 aliphatic rings. The van der Waals surface area contributed by atoms with Crippen LogP contribution in [-0.4, -0.2) is 35.4 Å². The zero-order valence-corrected chi connectivity index (χ0v) is 16.8. The molecule has 156 valence electrons. The maximum Gasteiger partial charge on any atom is 0.261 e. The first kappa shape index (κ1) is 22.3. The zero-order valence-electron chi connectivity index (χ0n) is 16.8. The van der Waals surface area contributed by atoms with Crippen LogP contribution >= 0.6 is 0 Å². The summed E-state index contributed by atoms with van der Waals surface area (Å²) >= 11 is 0. The van der Waals surface area contributed by atoms with Gasteiger partial charge in [-0.2, -0.15) is 0 Å². The molecule has 0 aliphatic heterocycles. The van der Waals surface area contributed by atoms with Gasteiger partial charge in [-0.15, -0.1) is 0 Å². The van der Waals surface area contributed by atoms with Crippen molar-refractivity contribution in [2.75, 3.05) is 6.61 Å². The first-order valence-electron chi connectivity index (χ1n) is 9.53. The van der Waals surface area contributed by atoms with Gasteiger partial charge in [0.2, 0.25) is 5.91 Å². The molecule has 0 heterocycles. The third-order valence-electron chi connectivity index (χ3n) is 4.62. The lowest BCUT2D eigenvalue weighted by Crippen LogP contribution is -2.50. The Bertz CT molecular complexity index is 827. The van der Waals surface area contributed by atoms with Crippen molar-refractivity contribution in [1.82, 2.24) is 10.2 Å². The number of hydrogen-bond acceptors (Lipinski definition) is 3. The second-order valence-corrected chi connectivity index (χ2v) is 6.86. The van der Waals surface area contributed by atoms with Gasteiger partial charge in [-0.3, -0.25) is 9.59 Å². The van der Waals surface area contributed by atoms with E-state index in [4.69, 9.17) is 4.74 Å². The van der Waals surface area contributed by atoms with E-state index in [0.717, 1.165) is 6.42 Å². The Labute approximate surface area is 169 Å². The third kappa shape index (κ3) is 6.55. The molecule has 0 unspecified atom stereocenters. The van der Waals surface area contributed by atoms with E-state index < -0.39 is 30.2 Å². The number of nitrogens with zero attached hydrogens (tertiary/aromatic N) is 1. The van der Waals surface area contributed by atoms with Crippen LogP contribution in [0, 0.1) is 11.6 Å². The van der Waals surface area contributed by atoms with Crippen molar-refractivity contribution in [3.05, 3.63) is 65.7 Å². The summed E-state index contributed by atoms with van der Waals surface area (Å²) in [4.78, 5) is 26.7. The van der Waals surface area contributed by atoms with Crippen molar-refractivity contribution in [2.45, 2.75) is 45.8 Å². The summed E-state index contributed by atoms with van der Waals surface area (Å²) in [6.07, 6.45) is 0.751. The molecule has 2 aromatic rings. The summed E-state index contributed by atoms with van der Waals surface area (Å²) in [5.41, 5.74) is 0.661. The first-order valence-corrected chi connectivity index (χ1v) is 9.53. The van der Waals surface area contributed by atoms with Gasteiger partial charge in [0.1, 0.15) is 11.9 Å². The number of halogens is 2. The lowest BCUT2D eigenvalue weighted by Gasteiger charge is -2.29. The lowest BCUT2D eigenvalue weighted by atomic mass is 10.1. The summed E-state index contributed by atoms with van der Waals surface area (Å²) in [6.45, 7) is 5.09. The van der Waals surface area contributed by atoms with E-state index in [0.29, 0.717) is 5.56 Å². The van der Waals surface area contributed by atoms with Gasteiger partial charge in [0.25, 0.3) is 5.91 Å². The van der Waals surface area contributed by atoms with Crippen LogP contribution in [0.1, 0.15) is 32.8 Å². The number of amides is 2. The third-order valence-corrected chi connectivity index (χ3v) is 4.62. The van der Waals surface area contributed by atoms with Gasteiger partial charge in [-0.25, -0.2) is 8.78 Å². The molecular formula is C22H26F2N2O3. The average Bonchev–Trinajstić information content (AvgIpc) is 2.71. The number of rotatable bonds is 9. The molecule has 2 atom stereocenters. The maximum atomic E-state index is 13.7. The largest absolute Gasteiger partial charge is 0.481 e. The van der Waals surface area contributed by atoms with Crippen LogP contribution in [0.4, 0.5) is 8.78 Å². The van der Waals surface area contributed by atoms with E-state index in [-0.39, 0.29) is 24.2 Å². The highest BCUT2D eigenvalue weighted by molar-refractivity contribution is 5.88. The number of para-hydroxylation sites is 1. The second kappa shape index (κ2) is 10.5. The van der Waals surface area contributed by atoms with Crippen LogP contribution in [0.15, 0.2) is 48.5 Å². The number of nitrogens with one attached hydrogen (secondary N) is 1. The molecule has 5 nitrogen and oxygen atoms in total. The Morgan fingerprint density at radius 1 is 1.07 bits per heavy atom. The molecule has 1 N–H and O–H groups in total. The molecule has 29 heavy (non-hydrogen) atoms. The Morgan fingerprint density at radius 2 is 1.72 bits per heavy atom. The topological polar surface area (TPSA) is 58.6 Å². The molecule has 0 aliphatic carbocycles. The van der Waals surface area contributed by atoms with Gasteiger partial charge in [-0.1, -0.05) is 31.2 Å². The summed E-state index contributed by atoms with van der Waals surface area (Å²) < 4.78 is 32.3. The number of benzene rings is 2. The van der Waals surface area contributed by atoms with Crippen molar-refractivity contribution >= 4 is 11.8 Å². The van der Waals surface area contributed by atoms with Crippen LogP contribution in [0.2, 0.25) is 0 Å². The minimum atomic E-state index is -0.786. The fourth-order valence-corrected chi connectivity index (χ4v) is 2.62. The quantitative estimate of drug-likeness (QED) is 0.694. The van der Waals surface area contributed by atoms with Crippen LogP contribution in [-0.2, 0) is 16.1 Å². The molecule has 0 saturated heterocycles. The molecule has 0 spiro atoms. The number of carbonyl (C=O) groups is 2. The van der Waals surface area contributed by atoms with Gasteiger partial charge < -0.3 is 15.0 Å². The van der Waals surface area contributed by atoms with Crippen molar-refractivity contribution in [3.63, 3.8) is 0 Å². The van der Waals surface area contributed by atoms with Crippen LogP contribution in [0.5, 0.6) is 5.75 Å². The first-order chi connectivity index (χ1) is 13.8. The molecule has 0 saturated carbocycles. The fourth-order valence-electron chi connectivity index (χ4n) is 2.62. The molecule has 2 aromatic carbocycles. The predicted octanol–water partition coefficient (Wildman–Crippen LogP) is 3.68. The van der Waals surface area contributed by atoms with Gasteiger partial charge in [0.15, 0.2) is 18.2 Å². The Morgan fingerprint density at radius 3 is 2.34 bits per heavy atom. The van der Waals surface area contributed by atoms with Crippen LogP contribution in [0.3, 0.4) is 0 Å². The molecule has 7 heteroatoms. The molecule has 2 rings (SSSR count). The number of ether oxygens (including phenoxy) is 1. The Hall–Kier alpha value is -2.96. The normalized spacial score (nSPS) is 12.7. The SMILES string of the molecule is CC[C@H](C)NC(=O)[C@@H](C)N(Cc1ccc(F)cc1)C(=O)COc1ccccc1F. The maximum absolute atomic E-state index is 13.7. The molecule has 0 bridgehead atoms. The minimum Gasteiger partial charge on any atom is -0.481 e. The van der Waals surface area contributed by atoms with Gasteiger partial charge in [-0.05, 0) is 50.1 Å². The molecule has 0 fully saturated rings. The van der Waals surface area contributed by atoms with E-state index in [1.54, 1.807) is 25.1 Å². The monoisotopic (exact) mass is 404 g/mol. The van der Waals surface area contributed by atoms with E-state index in [1.807, 2.05) is 13.8 Å². The molecular weight excluding hydrogens is 378 g/mol. The highest BCUT2D eigenvalue weighted by atomic mass is 19.1. The van der Waals surface area contributed by atoms with E-state index in [9.17, 15) is 18.4 Å². The zero-order chi connectivity index (χ0) is 21.4. The molecule has 0 aromatic heterocycles. The minimum absolute atomic E-state index is 0.0395. The van der Waals surface area contributed by atoms with E-state index in [1.165, 1.54) is 35.2 Å². The fraction of sp³-hybridized carbons (Fsp3) is 0.364. The Kier molecular flexibility index (Phi) is 8.12. The number of carbonyl (C=O) groups excluding carboxylic acids is 2. The summed E-state index contributed by atoms with van der Waals surface area (Å²) in [7, 11) is 0. The Balaban J connectivity index is 2.15. The van der Waals surface area contributed by atoms with Crippen LogP contribution < -0.4 is 10.1 Å². The van der Waals surface area contributed by atoms with Crippen molar-refractivity contribution in [1.29, 1.82) is 0 Å². The van der Waals surface area contributed by atoms with Crippen LogP contribution in [0.25, 0.3) is 0 Å². The smallest absolute Gasteiger partial charge is 0.261 e. The summed E-state index contributed by atoms with van der Waals surface area (Å²) in [6, 6.07) is 10.6. The standard InChI is InChI=1S/C22H26F2N2O3/c1-4-15(2)25-22(28)16(3)26(13-17-9-11-18(23)12-10-17)21(27)14-29-20-8-6-5-7-19(20)24/h5-12,15-16H,4,13-14H2,1-3H3,(H,25,28)/t15-,16+/m0/s1. The highest BCUT2D eigenvalue weighted by Crippen LogP contribution is 2.16. The van der Waals surface area contributed by atoms with Gasteiger partial charge >= 0.3 is 0 Å².